The van der Waals surface area contributed by atoms with Crippen LogP contribution in [0.25, 0.3) is 0 Å². The minimum atomic E-state index is 1.17. The largest absolute Gasteiger partial charge is 0.125 e. The molecule has 1 aliphatic carbocycles. The first kappa shape index (κ1) is 5.40. The van der Waals surface area contributed by atoms with Crippen LogP contribution in [0, 0.1) is 0 Å². The fraction of sp³-hybridized carbons (Fsp3) is 0.375. The van der Waals surface area contributed by atoms with Crippen molar-refractivity contribution in [2.45, 2.75) is 19.3 Å². The minimum Gasteiger partial charge on any atom is -0.125 e. The summed E-state index contributed by atoms with van der Waals surface area (Å²) in [5.41, 5.74) is 4.14. The number of hydrogen-bond acceptors (Lipinski definition) is 0. The summed E-state index contributed by atoms with van der Waals surface area (Å²) in [6, 6.07) is 0. The highest BCUT2D eigenvalue weighted by molar-refractivity contribution is 5.19. The molecule has 0 aliphatic heterocycles. The molecule has 0 N–H and O–H groups in total. The Morgan fingerprint density at radius 1 is 1.62 bits per heavy atom. The third-order valence-electron chi connectivity index (χ3n) is 1.36. The van der Waals surface area contributed by atoms with Crippen molar-refractivity contribution in [2.24, 2.45) is 0 Å². The average Bonchev–Trinajstić information content (AvgIpc) is 1.90. The summed E-state index contributed by atoms with van der Waals surface area (Å²) in [5, 5.41) is 0. The standard InChI is InChI=1S/C8H10/c1-2-8-6-4-3-5-7-8/h4,6H,1,3,5,7H2. The fourth-order valence-electron chi connectivity index (χ4n) is 0.867. The topological polar surface area (TPSA) is 0 Å². The Morgan fingerprint density at radius 3 is 2.88 bits per heavy atom. The van der Waals surface area contributed by atoms with Crippen LogP contribution in [0.3, 0.4) is 0 Å². The van der Waals surface area contributed by atoms with E-state index in [0.29, 0.717) is 0 Å². The minimum absolute atomic E-state index is 1.17. The molecular weight excluding hydrogens is 96.1 g/mol. The van der Waals surface area contributed by atoms with Gasteiger partial charge in [0, 0.05) is 0 Å². The van der Waals surface area contributed by atoms with E-state index < -0.39 is 0 Å². The normalized spacial score (nSPS) is 18.2. The lowest BCUT2D eigenvalue weighted by Crippen LogP contribution is -1.83. The van der Waals surface area contributed by atoms with Gasteiger partial charge in [0.15, 0.2) is 0 Å². The van der Waals surface area contributed by atoms with Gasteiger partial charge in [-0.25, -0.2) is 0 Å². The van der Waals surface area contributed by atoms with E-state index in [2.05, 4.69) is 24.5 Å². The van der Waals surface area contributed by atoms with Crippen LogP contribution in [-0.2, 0) is 0 Å². The van der Waals surface area contributed by atoms with Crippen molar-refractivity contribution in [1.29, 1.82) is 0 Å². The second-order valence-electron chi connectivity index (χ2n) is 2.00. The quantitative estimate of drug-likeness (QED) is 0.416. The molecule has 1 rings (SSSR count). The van der Waals surface area contributed by atoms with Gasteiger partial charge in [0.25, 0.3) is 0 Å². The molecule has 0 aromatic rings. The molecule has 0 saturated carbocycles. The van der Waals surface area contributed by atoms with Gasteiger partial charge in [0.05, 0.1) is 0 Å². The molecule has 0 aromatic heterocycles. The monoisotopic (exact) mass is 106 g/mol. The van der Waals surface area contributed by atoms with Gasteiger partial charge in [-0.15, -0.1) is 5.73 Å². The van der Waals surface area contributed by atoms with Gasteiger partial charge in [0.2, 0.25) is 0 Å². The lowest BCUT2D eigenvalue weighted by Gasteiger charge is -2.01. The molecule has 0 unspecified atom stereocenters. The van der Waals surface area contributed by atoms with E-state index in [1.54, 1.807) is 0 Å². The molecule has 0 atom stereocenters. The predicted octanol–water partition coefficient (Wildman–Crippen LogP) is 2.44. The highest BCUT2D eigenvalue weighted by atomic mass is 14.0. The summed E-state index contributed by atoms with van der Waals surface area (Å²) < 4.78 is 0. The van der Waals surface area contributed by atoms with E-state index in [-0.39, 0.29) is 0 Å². The summed E-state index contributed by atoms with van der Waals surface area (Å²) >= 11 is 0. The maximum atomic E-state index is 3.57. The molecule has 0 saturated heterocycles. The summed E-state index contributed by atoms with van der Waals surface area (Å²) in [4.78, 5) is 0. The number of rotatable bonds is 0. The third-order valence-corrected chi connectivity index (χ3v) is 1.36. The van der Waals surface area contributed by atoms with E-state index in [1.807, 2.05) is 0 Å². The van der Waals surface area contributed by atoms with Crippen LogP contribution in [0.5, 0.6) is 0 Å². The van der Waals surface area contributed by atoms with E-state index in [4.69, 9.17) is 0 Å². The first-order chi connectivity index (χ1) is 3.93. The summed E-state index contributed by atoms with van der Waals surface area (Å²) in [5.74, 6) is 0. The van der Waals surface area contributed by atoms with Crippen LogP contribution in [-0.4, -0.2) is 0 Å². The van der Waals surface area contributed by atoms with Crippen LogP contribution in [0.4, 0.5) is 0 Å². The third kappa shape index (κ3) is 1.11. The molecule has 1 aliphatic rings. The van der Waals surface area contributed by atoms with Gasteiger partial charge in [-0.3, -0.25) is 0 Å². The van der Waals surface area contributed by atoms with Crippen molar-refractivity contribution >= 4 is 0 Å². The molecule has 0 radical (unpaired) electrons. The Hall–Kier alpha value is -0.740. The first-order valence-corrected chi connectivity index (χ1v) is 2.99. The van der Waals surface area contributed by atoms with Crippen LogP contribution >= 0.6 is 0 Å². The molecule has 8 heavy (non-hydrogen) atoms. The molecule has 0 spiro atoms. The maximum absolute atomic E-state index is 3.57. The van der Waals surface area contributed by atoms with Gasteiger partial charge in [-0.1, -0.05) is 18.7 Å². The Balaban J connectivity index is 2.70. The second-order valence-corrected chi connectivity index (χ2v) is 2.00. The van der Waals surface area contributed by atoms with Gasteiger partial charge < -0.3 is 0 Å². The van der Waals surface area contributed by atoms with Crippen LogP contribution in [0.2, 0.25) is 0 Å². The van der Waals surface area contributed by atoms with Crippen molar-refractivity contribution in [3.05, 3.63) is 30.0 Å². The zero-order valence-corrected chi connectivity index (χ0v) is 4.98. The lowest BCUT2D eigenvalue weighted by molar-refractivity contribution is 0.822. The Bertz CT molecular complexity index is 145. The summed E-state index contributed by atoms with van der Waals surface area (Å²) in [6.45, 7) is 3.57. The van der Waals surface area contributed by atoms with Gasteiger partial charge >= 0.3 is 0 Å². The summed E-state index contributed by atoms with van der Waals surface area (Å²) in [6.07, 6.45) is 7.95. The highest BCUT2D eigenvalue weighted by Crippen LogP contribution is 2.13. The van der Waals surface area contributed by atoms with Crippen molar-refractivity contribution < 1.29 is 0 Å². The zero-order chi connectivity index (χ0) is 5.82. The SMILES string of the molecule is C=C=C1C=CCCC1. The Kier molecular flexibility index (Phi) is 1.71. The van der Waals surface area contributed by atoms with Crippen LogP contribution in [0.15, 0.2) is 30.0 Å². The molecule has 0 aromatic carbocycles. The first-order valence-electron chi connectivity index (χ1n) is 2.99. The molecule has 42 valence electrons. The smallest absolute Gasteiger partial charge is 0.00696 e. The predicted molar refractivity (Wildman–Crippen MR) is 35.6 cm³/mol. The van der Waals surface area contributed by atoms with Crippen molar-refractivity contribution in [2.75, 3.05) is 0 Å². The fourth-order valence-corrected chi connectivity index (χ4v) is 0.867. The molecule has 0 amide bonds. The lowest BCUT2D eigenvalue weighted by atomic mass is 10.0. The van der Waals surface area contributed by atoms with Crippen LogP contribution < -0.4 is 0 Å². The number of allylic oxidation sites excluding steroid dienone is 3. The van der Waals surface area contributed by atoms with Crippen molar-refractivity contribution in [1.82, 2.24) is 0 Å². The van der Waals surface area contributed by atoms with E-state index in [9.17, 15) is 0 Å². The van der Waals surface area contributed by atoms with Gasteiger partial charge in [-0.05, 0) is 24.8 Å². The molecule has 0 nitrogen and oxygen atoms in total. The Morgan fingerprint density at radius 2 is 2.50 bits per heavy atom. The Labute approximate surface area is 50.2 Å². The number of hydrogen-bond donors (Lipinski definition) is 0. The van der Waals surface area contributed by atoms with Crippen LogP contribution in [0.1, 0.15) is 19.3 Å². The van der Waals surface area contributed by atoms with Gasteiger partial charge in [0.1, 0.15) is 0 Å². The molecule has 0 fully saturated rings. The molecule has 0 bridgehead atoms. The maximum Gasteiger partial charge on any atom is -0.00696 e. The highest BCUT2D eigenvalue weighted by Gasteiger charge is 1.94. The van der Waals surface area contributed by atoms with E-state index in [1.165, 1.54) is 24.8 Å². The van der Waals surface area contributed by atoms with Crippen molar-refractivity contribution in [3.8, 4) is 0 Å². The van der Waals surface area contributed by atoms with E-state index >= 15 is 0 Å². The molecular formula is C8H10. The second kappa shape index (κ2) is 2.54. The van der Waals surface area contributed by atoms with Crippen molar-refractivity contribution in [3.63, 3.8) is 0 Å². The molecule has 0 heteroatoms. The van der Waals surface area contributed by atoms with E-state index in [0.717, 1.165) is 0 Å². The zero-order valence-electron chi connectivity index (χ0n) is 4.98. The van der Waals surface area contributed by atoms with Gasteiger partial charge in [-0.2, -0.15) is 0 Å². The summed E-state index contributed by atoms with van der Waals surface area (Å²) in [7, 11) is 0. The molecule has 0 heterocycles. The average molecular weight is 106 g/mol.